The van der Waals surface area contributed by atoms with Gasteiger partial charge in [0.2, 0.25) is 0 Å². The summed E-state index contributed by atoms with van der Waals surface area (Å²) in [5.74, 6) is 0. The quantitative estimate of drug-likeness (QED) is 0.630. The number of fused-ring (bicyclic) bond motifs is 1. The van der Waals surface area contributed by atoms with Gasteiger partial charge in [0.15, 0.2) is 0 Å². The number of rotatable bonds is 2. The Kier molecular flexibility index (Phi) is 3.05. The lowest BCUT2D eigenvalue weighted by molar-refractivity contribution is 1.58. The highest BCUT2D eigenvalue weighted by Gasteiger charge is 2.04. The maximum absolute atomic E-state index is 3.80. The average molecular weight is 206 g/mol. The first-order chi connectivity index (χ1) is 7.85. The zero-order valence-electron chi connectivity index (χ0n) is 9.40. The highest BCUT2D eigenvalue weighted by atomic mass is 14.1. The summed E-state index contributed by atoms with van der Waals surface area (Å²) in [7, 11) is 0. The lowest BCUT2D eigenvalue weighted by atomic mass is 10.0. The molecule has 0 saturated carbocycles. The van der Waals surface area contributed by atoms with Gasteiger partial charge in [0.25, 0.3) is 0 Å². The molecule has 0 nitrogen and oxygen atoms in total. The predicted molar refractivity (Wildman–Crippen MR) is 70.9 cm³/mol. The van der Waals surface area contributed by atoms with Gasteiger partial charge in [-0.3, -0.25) is 0 Å². The standard InChI is InChI=1S/C16H14/c1-3-7-15-12-13(4-2)10-11-14-8-5-6-9-16(14)15/h3-11H,2H2,1H3/b7-3-. The fraction of sp³-hybridized carbons (Fsp3) is 0.0625. The maximum atomic E-state index is 3.80. The van der Waals surface area contributed by atoms with E-state index in [-0.39, 0.29) is 0 Å². The third kappa shape index (κ3) is 1.98. The van der Waals surface area contributed by atoms with E-state index < -0.39 is 0 Å². The fourth-order valence-electron chi connectivity index (χ4n) is 1.75. The Bertz CT molecular complexity index is 533. The van der Waals surface area contributed by atoms with E-state index in [0.29, 0.717) is 0 Å². The topological polar surface area (TPSA) is 0 Å². The van der Waals surface area contributed by atoms with E-state index in [4.69, 9.17) is 0 Å². The molecule has 1 aromatic carbocycles. The van der Waals surface area contributed by atoms with E-state index in [1.165, 1.54) is 11.1 Å². The van der Waals surface area contributed by atoms with Gasteiger partial charge in [-0.1, -0.05) is 55.1 Å². The Morgan fingerprint density at radius 3 is 2.75 bits per heavy atom. The zero-order valence-corrected chi connectivity index (χ0v) is 9.40. The number of hydrogen-bond acceptors (Lipinski definition) is 0. The van der Waals surface area contributed by atoms with Gasteiger partial charge in [-0.05, 0) is 24.1 Å². The molecule has 0 heterocycles. The summed E-state index contributed by atoms with van der Waals surface area (Å²) in [5, 5.41) is 0. The van der Waals surface area contributed by atoms with Crippen LogP contribution in [-0.4, -0.2) is 0 Å². The van der Waals surface area contributed by atoms with Crippen LogP contribution in [0.25, 0.3) is 11.6 Å². The van der Waals surface area contributed by atoms with Crippen LogP contribution in [-0.2, 0) is 0 Å². The van der Waals surface area contributed by atoms with E-state index in [0.717, 1.165) is 11.1 Å². The molecule has 0 heteroatoms. The maximum Gasteiger partial charge on any atom is 0.0246 e. The third-order valence-electron chi connectivity index (χ3n) is 2.53. The van der Waals surface area contributed by atoms with E-state index in [9.17, 15) is 0 Å². The first kappa shape index (κ1) is 10.5. The monoisotopic (exact) mass is 206 g/mol. The van der Waals surface area contributed by atoms with Crippen molar-refractivity contribution in [3.05, 3.63) is 77.6 Å². The molecule has 1 aliphatic carbocycles. The van der Waals surface area contributed by atoms with Crippen LogP contribution in [0.1, 0.15) is 18.1 Å². The Morgan fingerprint density at radius 1 is 1.19 bits per heavy atom. The molecule has 0 amide bonds. The Hall–Kier alpha value is -2.04. The second-order valence-corrected chi connectivity index (χ2v) is 3.62. The van der Waals surface area contributed by atoms with Gasteiger partial charge in [-0.15, -0.1) is 5.73 Å². The first-order valence-electron chi connectivity index (χ1n) is 5.38. The van der Waals surface area contributed by atoms with Crippen molar-refractivity contribution in [1.29, 1.82) is 0 Å². The lowest BCUT2D eigenvalue weighted by Crippen LogP contribution is -1.83. The number of allylic oxidation sites excluding steroid dienone is 5. The predicted octanol–water partition coefficient (Wildman–Crippen LogP) is 4.38. The van der Waals surface area contributed by atoms with Crippen LogP contribution in [0.3, 0.4) is 0 Å². The molecule has 78 valence electrons. The molecule has 16 heavy (non-hydrogen) atoms. The van der Waals surface area contributed by atoms with Crippen molar-refractivity contribution in [2.45, 2.75) is 6.92 Å². The molecule has 0 spiro atoms. The highest BCUT2D eigenvalue weighted by molar-refractivity contribution is 5.82. The Morgan fingerprint density at radius 2 is 2.00 bits per heavy atom. The fourth-order valence-corrected chi connectivity index (χ4v) is 1.75. The van der Waals surface area contributed by atoms with Crippen LogP contribution in [0.15, 0.2) is 66.5 Å². The summed E-state index contributed by atoms with van der Waals surface area (Å²) in [6.07, 6.45) is 10.1. The van der Waals surface area contributed by atoms with Crippen molar-refractivity contribution in [2.24, 2.45) is 0 Å². The first-order valence-corrected chi connectivity index (χ1v) is 5.38. The molecule has 1 aliphatic rings. The number of benzene rings is 1. The van der Waals surface area contributed by atoms with Crippen molar-refractivity contribution >= 4 is 11.6 Å². The molecule has 2 rings (SSSR count). The van der Waals surface area contributed by atoms with Gasteiger partial charge in [0.05, 0.1) is 0 Å². The van der Waals surface area contributed by atoms with Crippen molar-refractivity contribution in [3.63, 3.8) is 0 Å². The molecular weight excluding hydrogens is 192 g/mol. The van der Waals surface area contributed by atoms with Gasteiger partial charge in [-0.25, -0.2) is 0 Å². The average Bonchev–Trinajstić information content (AvgIpc) is 2.50. The lowest BCUT2D eigenvalue weighted by Gasteiger charge is -2.03. The molecule has 0 fully saturated rings. The second kappa shape index (κ2) is 4.65. The third-order valence-corrected chi connectivity index (χ3v) is 2.53. The minimum absolute atomic E-state index is 1.02. The summed E-state index contributed by atoms with van der Waals surface area (Å²) < 4.78 is 0. The highest BCUT2D eigenvalue weighted by Crippen LogP contribution is 2.24. The van der Waals surface area contributed by atoms with Crippen LogP contribution in [0.2, 0.25) is 0 Å². The summed E-state index contributed by atoms with van der Waals surface area (Å²) >= 11 is 0. The van der Waals surface area contributed by atoms with E-state index >= 15 is 0 Å². The normalized spacial score (nSPS) is 14.1. The number of hydrogen-bond donors (Lipinski definition) is 0. The summed E-state index contributed by atoms with van der Waals surface area (Å²) in [6.45, 7) is 5.81. The van der Waals surface area contributed by atoms with Crippen LogP contribution >= 0.6 is 0 Å². The molecule has 1 aromatic rings. The molecule has 0 aliphatic heterocycles. The van der Waals surface area contributed by atoms with E-state index in [1.54, 1.807) is 0 Å². The molecule has 0 bridgehead atoms. The van der Waals surface area contributed by atoms with Gasteiger partial charge >= 0.3 is 0 Å². The van der Waals surface area contributed by atoms with E-state index in [1.807, 2.05) is 25.2 Å². The SMILES string of the molecule is C=CC1=C=C(/C=C\C)c2ccccc2C=C1. The van der Waals surface area contributed by atoms with Gasteiger partial charge < -0.3 is 0 Å². The van der Waals surface area contributed by atoms with Crippen LogP contribution < -0.4 is 0 Å². The molecule has 0 saturated heterocycles. The molecular formula is C16H14. The summed E-state index contributed by atoms with van der Waals surface area (Å²) in [6, 6.07) is 8.34. The molecule has 0 aromatic heterocycles. The van der Waals surface area contributed by atoms with Crippen molar-refractivity contribution in [3.8, 4) is 0 Å². The largest absolute Gasteiger partial charge is 0.104 e. The summed E-state index contributed by atoms with van der Waals surface area (Å²) in [4.78, 5) is 0. The van der Waals surface area contributed by atoms with Crippen molar-refractivity contribution < 1.29 is 0 Å². The second-order valence-electron chi connectivity index (χ2n) is 3.62. The van der Waals surface area contributed by atoms with Crippen LogP contribution in [0.5, 0.6) is 0 Å². The Labute approximate surface area is 96.6 Å². The van der Waals surface area contributed by atoms with Crippen LogP contribution in [0.4, 0.5) is 0 Å². The van der Waals surface area contributed by atoms with E-state index in [2.05, 4.69) is 48.7 Å². The zero-order chi connectivity index (χ0) is 11.4. The summed E-state index contributed by atoms with van der Waals surface area (Å²) in [5.41, 5.74) is 7.93. The van der Waals surface area contributed by atoms with Gasteiger partial charge in [0.1, 0.15) is 0 Å². The molecule has 0 radical (unpaired) electrons. The Balaban J connectivity index is 2.71. The van der Waals surface area contributed by atoms with Crippen LogP contribution in [0, 0.1) is 0 Å². The molecule has 0 unspecified atom stereocenters. The van der Waals surface area contributed by atoms with Crippen molar-refractivity contribution in [1.82, 2.24) is 0 Å². The molecule has 0 N–H and O–H groups in total. The minimum Gasteiger partial charge on any atom is -0.104 e. The minimum atomic E-state index is 1.02. The molecule has 0 atom stereocenters. The smallest absolute Gasteiger partial charge is 0.0246 e. The van der Waals surface area contributed by atoms with Gasteiger partial charge in [0, 0.05) is 11.1 Å². The van der Waals surface area contributed by atoms with Gasteiger partial charge in [-0.2, -0.15) is 0 Å². The van der Waals surface area contributed by atoms with Crippen molar-refractivity contribution in [2.75, 3.05) is 0 Å².